The summed E-state index contributed by atoms with van der Waals surface area (Å²) in [5, 5.41) is 4.56. The predicted molar refractivity (Wildman–Crippen MR) is 54.7 cm³/mol. The molecular weight excluding hydrogens is 168 g/mol. The standard InChI is InChI=1S/C9H18N2S/c1-7-9(3-4-12-7)10-8-5-11(2)6-8/h7-10H,3-6H2,1-2H3. The van der Waals surface area contributed by atoms with E-state index in [2.05, 4.69) is 35.9 Å². The van der Waals surface area contributed by atoms with Crippen LogP contribution in [-0.2, 0) is 0 Å². The Hall–Kier alpha value is 0.270. The Morgan fingerprint density at radius 1 is 1.42 bits per heavy atom. The highest BCUT2D eigenvalue weighted by atomic mass is 32.2. The van der Waals surface area contributed by atoms with Crippen molar-refractivity contribution >= 4 is 11.8 Å². The number of likely N-dealkylation sites (tertiary alicyclic amines) is 1. The summed E-state index contributed by atoms with van der Waals surface area (Å²) in [5.41, 5.74) is 0. The molecule has 0 aromatic rings. The molecule has 0 aliphatic carbocycles. The molecule has 0 spiro atoms. The summed E-state index contributed by atoms with van der Waals surface area (Å²) < 4.78 is 0. The highest BCUT2D eigenvalue weighted by molar-refractivity contribution is 8.00. The third-order valence-electron chi connectivity index (χ3n) is 2.89. The van der Waals surface area contributed by atoms with E-state index in [0.29, 0.717) is 0 Å². The molecule has 2 nitrogen and oxygen atoms in total. The fourth-order valence-corrected chi connectivity index (χ4v) is 3.27. The van der Waals surface area contributed by atoms with E-state index in [1.165, 1.54) is 25.3 Å². The number of nitrogens with zero attached hydrogens (tertiary/aromatic N) is 1. The Kier molecular flexibility index (Phi) is 2.63. The Morgan fingerprint density at radius 3 is 2.67 bits per heavy atom. The van der Waals surface area contributed by atoms with Gasteiger partial charge in [0.05, 0.1) is 0 Å². The monoisotopic (exact) mass is 186 g/mol. The predicted octanol–water partition coefficient (Wildman–Crippen LogP) is 0.784. The van der Waals surface area contributed by atoms with Crippen molar-refractivity contribution in [1.82, 2.24) is 10.2 Å². The summed E-state index contributed by atoms with van der Waals surface area (Å²) in [6, 6.07) is 1.56. The van der Waals surface area contributed by atoms with Crippen molar-refractivity contribution in [2.24, 2.45) is 0 Å². The van der Waals surface area contributed by atoms with Crippen molar-refractivity contribution in [2.75, 3.05) is 25.9 Å². The molecule has 2 saturated heterocycles. The molecule has 2 rings (SSSR count). The van der Waals surface area contributed by atoms with Crippen molar-refractivity contribution < 1.29 is 0 Å². The molecule has 0 radical (unpaired) electrons. The maximum absolute atomic E-state index is 3.73. The van der Waals surface area contributed by atoms with Gasteiger partial charge in [0.2, 0.25) is 0 Å². The van der Waals surface area contributed by atoms with E-state index in [4.69, 9.17) is 0 Å². The van der Waals surface area contributed by atoms with Gasteiger partial charge in [0.25, 0.3) is 0 Å². The second-order valence-corrected chi connectivity index (χ2v) is 5.54. The minimum Gasteiger partial charge on any atom is -0.308 e. The largest absolute Gasteiger partial charge is 0.308 e. The molecular formula is C9H18N2S. The van der Waals surface area contributed by atoms with Crippen molar-refractivity contribution in [3.63, 3.8) is 0 Å². The van der Waals surface area contributed by atoms with Gasteiger partial charge in [-0.1, -0.05) is 6.92 Å². The molecule has 2 atom stereocenters. The van der Waals surface area contributed by atoms with Crippen LogP contribution in [0.15, 0.2) is 0 Å². The van der Waals surface area contributed by atoms with E-state index in [1.807, 2.05) is 0 Å². The lowest BCUT2D eigenvalue weighted by Gasteiger charge is -2.39. The van der Waals surface area contributed by atoms with Gasteiger partial charge in [-0.15, -0.1) is 0 Å². The first-order valence-corrected chi connectivity index (χ1v) is 5.87. The molecule has 2 unspecified atom stereocenters. The van der Waals surface area contributed by atoms with Crippen molar-refractivity contribution in [3.05, 3.63) is 0 Å². The highest BCUT2D eigenvalue weighted by Gasteiger charge is 2.30. The van der Waals surface area contributed by atoms with Gasteiger partial charge in [0.15, 0.2) is 0 Å². The quantitative estimate of drug-likeness (QED) is 0.686. The fourth-order valence-electron chi connectivity index (χ4n) is 2.06. The maximum atomic E-state index is 3.73. The second-order valence-electron chi connectivity index (χ2n) is 4.06. The first-order chi connectivity index (χ1) is 5.75. The van der Waals surface area contributed by atoms with Gasteiger partial charge in [-0.2, -0.15) is 11.8 Å². The molecule has 2 heterocycles. The van der Waals surface area contributed by atoms with E-state index in [9.17, 15) is 0 Å². The number of rotatable bonds is 2. The number of thioether (sulfide) groups is 1. The van der Waals surface area contributed by atoms with Crippen LogP contribution in [0.2, 0.25) is 0 Å². The van der Waals surface area contributed by atoms with Crippen LogP contribution in [0.25, 0.3) is 0 Å². The first kappa shape index (κ1) is 8.85. The fraction of sp³-hybridized carbons (Fsp3) is 1.00. The Bertz CT molecular complexity index is 157. The summed E-state index contributed by atoms with van der Waals surface area (Å²) in [5.74, 6) is 1.35. The SMILES string of the molecule is CC1SCCC1NC1CN(C)C1. The highest BCUT2D eigenvalue weighted by Crippen LogP contribution is 2.26. The summed E-state index contributed by atoms with van der Waals surface area (Å²) in [4.78, 5) is 2.37. The number of nitrogens with one attached hydrogen (secondary N) is 1. The van der Waals surface area contributed by atoms with Crippen LogP contribution in [0.5, 0.6) is 0 Å². The number of likely N-dealkylation sites (N-methyl/N-ethyl adjacent to an activating group) is 1. The molecule has 0 aromatic carbocycles. The zero-order chi connectivity index (χ0) is 8.55. The van der Waals surface area contributed by atoms with Crippen molar-refractivity contribution in [1.29, 1.82) is 0 Å². The number of hydrogen-bond acceptors (Lipinski definition) is 3. The lowest BCUT2D eigenvalue weighted by molar-refractivity contribution is 0.151. The number of hydrogen-bond donors (Lipinski definition) is 1. The van der Waals surface area contributed by atoms with Gasteiger partial charge in [-0.05, 0) is 19.2 Å². The van der Waals surface area contributed by atoms with Crippen LogP contribution >= 0.6 is 11.8 Å². The van der Waals surface area contributed by atoms with Crippen molar-refractivity contribution in [2.45, 2.75) is 30.7 Å². The average Bonchev–Trinajstić information content (AvgIpc) is 2.33. The second kappa shape index (κ2) is 3.56. The zero-order valence-corrected chi connectivity index (χ0v) is 8.73. The van der Waals surface area contributed by atoms with Crippen LogP contribution in [0.1, 0.15) is 13.3 Å². The van der Waals surface area contributed by atoms with E-state index in [-0.39, 0.29) is 0 Å². The van der Waals surface area contributed by atoms with E-state index < -0.39 is 0 Å². The smallest absolute Gasteiger partial charge is 0.0325 e. The molecule has 70 valence electrons. The lowest BCUT2D eigenvalue weighted by Crippen LogP contribution is -2.59. The van der Waals surface area contributed by atoms with Crippen LogP contribution in [0.4, 0.5) is 0 Å². The molecule has 1 N–H and O–H groups in total. The topological polar surface area (TPSA) is 15.3 Å². The molecule has 0 amide bonds. The summed E-state index contributed by atoms with van der Waals surface area (Å²) >= 11 is 2.11. The minimum absolute atomic E-state index is 0.779. The Labute approximate surface area is 79.1 Å². The van der Waals surface area contributed by atoms with Gasteiger partial charge in [0, 0.05) is 30.4 Å². The third kappa shape index (κ3) is 1.78. The Morgan fingerprint density at radius 2 is 2.17 bits per heavy atom. The molecule has 2 aliphatic heterocycles. The molecule has 0 bridgehead atoms. The molecule has 12 heavy (non-hydrogen) atoms. The van der Waals surface area contributed by atoms with Crippen LogP contribution < -0.4 is 5.32 Å². The van der Waals surface area contributed by atoms with Gasteiger partial charge in [-0.3, -0.25) is 0 Å². The molecule has 2 aliphatic rings. The van der Waals surface area contributed by atoms with E-state index >= 15 is 0 Å². The Balaban J connectivity index is 1.72. The molecule has 0 saturated carbocycles. The van der Waals surface area contributed by atoms with Gasteiger partial charge >= 0.3 is 0 Å². The summed E-state index contributed by atoms with van der Waals surface area (Å²) in [6.07, 6.45) is 1.37. The summed E-state index contributed by atoms with van der Waals surface area (Å²) in [6.45, 7) is 4.83. The van der Waals surface area contributed by atoms with Gasteiger partial charge < -0.3 is 10.2 Å². The van der Waals surface area contributed by atoms with Crippen LogP contribution in [-0.4, -0.2) is 48.1 Å². The molecule has 3 heteroatoms. The minimum atomic E-state index is 0.779. The van der Waals surface area contributed by atoms with E-state index in [1.54, 1.807) is 0 Å². The normalized spacial score (nSPS) is 38.5. The maximum Gasteiger partial charge on any atom is 0.0325 e. The van der Waals surface area contributed by atoms with E-state index in [0.717, 1.165) is 17.3 Å². The van der Waals surface area contributed by atoms with Gasteiger partial charge in [-0.25, -0.2) is 0 Å². The van der Waals surface area contributed by atoms with Crippen molar-refractivity contribution in [3.8, 4) is 0 Å². The van der Waals surface area contributed by atoms with Gasteiger partial charge in [0.1, 0.15) is 0 Å². The third-order valence-corrected chi connectivity index (χ3v) is 4.22. The molecule has 2 fully saturated rings. The average molecular weight is 186 g/mol. The first-order valence-electron chi connectivity index (χ1n) is 4.82. The summed E-state index contributed by atoms with van der Waals surface area (Å²) in [7, 11) is 2.19. The molecule has 0 aromatic heterocycles. The van der Waals surface area contributed by atoms with Crippen LogP contribution in [0.3, 0.4) is 0 Å². The lowest BCUT2D eigenvalue weighted by atomic mass is 10.1. The van der Waals surface area contributed by atoms with Crippen LogP contribution in [0, 0.1) is 0 Å². The zero-order valence-electron chi connectivity index (χ0n) is 7.92.